The summed E-state index contributed by atoms with van der Waals surface area (Å²) in [5.41, 5.74) is 9.63. The Morgan fingerprint density at radius 2 is 0.640 bits per heavy atom. The second kappa shape index (κ2) is 10.4. The van der Waals surface area contributed by atoms with E-state index in [0.29, 0.717) is 0 Å². The fourth-order valence-corrected chi connectivity index (χ4v) is 8.54. The minimum atomic E-state index is 1.16. The zero-order valence-corrected chi connectivity index (χ0v) is 27.2. The Hall–Kier alpha value is -6.64. The molecule has 2 heterocycles. The molecule has 0 fully saturated rings. The minimum absolute atomic E-state index is 1.16. The summed E-state index contributed by atoms with van der Waals surface area (Å²) in [7, 11) is 0. The zero-order chi connectivity index (χ0) is 32.8. The molecule has 11 aromatic rings. The van der Waals surface area contributed by atoms with Crippen LogP contribution in [-0.2, 0) is 0 Å². The third kappa shape index (κ3) is 3.79. The summed E-state index contributed by atoms with van der Waals surface area (Å²) < 4.78 is 4.90. The molecule has 232 valence electrons. The molecule has 9 aromatic carbocycles. The van der Waals surface area contributed by atoms with Crippen molar-refractivity contribution in [1.29, 1.82) is 0 Å². The molecule has 0 bridgehead atoms. The Balaban J connectivity index is 1.20. The molecule has 11 rings (SSSR count). The van der Waals surface area contributed by atoms with E-state index in [-0.39, 0.29) is 0 Å². The molecule has 0 saturated carbocycles. The van der Waals surface area contributed by atoms with E-state index in [0.717, 1.165) is 5.69 Å². The summed E-state index contributed by atoms with van der Waals surface area (Å²) in [6, 6.07) is 66.6. The Labute approximate surface area is 288 Å². The Morgan fingerprint density at radius 1 is 0.240 bits per heavy atom. The number of aromatic nitrogens is 2. The first-order chi connectivity index (χ1) is 24.8. The number of nitrogens with zero attached hydrogens (tertiary/aromatic N) is 2. The van der Waals surface area contributed by atoms with Crippen molar-refractivity contribution in [1.82, 2.24) is 9.13 Å². The summed E-state index contributed by atoms with van der Waals surface area (Å²) in [5.74, 6) is 0. The highest BCUT2D eigenvalue weighted by Crippen LogP contribution is 2.43. The lowest BCUT2D eigenvalue weighted by Crippen LogP contribution is -1.95. The second-order valence-corrected chi connectivity index (χ2v) is 13.3. The van der Waals surface area contributed by atoms with Gasteiger partial charge in [-0.05, 0) is 92.0 Å². The van der Waals surface area contributed by atoms with Crippen molar-refractivity contribution in [2.45, 2.75) is 0 Å². The van der Waals surface area contributed by atoms with Gasteiger partial charge >= 0.3 is 0 Å². The summed E-state index contributed by atoms with van der Waals surface area (Å²) in [6.45, 7) is 0. The Bertz CT molecular complexity index is 3090. The highest BCUT2D eigenvalue weighted by Gasteiger charge is 2.21. The predicted octanol–water partition coefficient (Wildman–Crippen LogP) is 13.0. The van der Waals surface area contributed by atoms with E-state index in [4.69, 9.17) is 0 Å². The molecule has 2 aromatic heterocycles. The molecule has 0 spiro atoms. The van der Waals surface area contributed by atoms with Crippen LogP contribution in [-0.4, -0.2) is 9.13 Å². The number of rotatable bonds is 3. The van der Waals surface area contributed by atoms with Crippen LogP contribution in [0.3, 0.4) is 0 Å². The van der Waals surface area contributed by atoms with Gasteiger partial charge in [-0.15, -0.1) is 0 Å². The lowest BCUT2D eigenvalue weighted by Gasteiger charge is -2.14. The fourth-order valence-electron chi connectivity index (χ4n) is 8.54. The van der Waals surface area contributed by atoms with Crippen molar-refractivity contribution in [2.24, 2.45) is 0 Å². The van der Waals surface area contributed by atoms with Gasteiger partial charge in [0.2, 0.25) is 0 Å². The number of fused-ring (bicyclic) bond motifs is 13. The molecule has 0 aliphatic rings. The van der Waals surface area contributed by atoms with Gasteiger partial charge in [0.25, 0.3) is 0 Å². The predicted molar refractivity (Wildman–Crippen MR) is 213 cm³/mol. The van der Waals surface area contributed by atoms with Crippen LogP contribution in [0.15, 0.2) is 182 Å². The standard InChI is InChI=1S/C48H30N2/c1-2-12-31(13-3-1)32-22-24-33(25-23-32)49-43-20-10-8-18-40(43)47-45(49)28-29-46-48(47)41-19-9-11-21-44(41)50(46)34-26-27-39-37-16-5-4-14-35(37)36-15-6-7-17-38(36)42(39)30-34/h1-30H. The van der Waals surface area contributed by atoms with Gasteiger partial charge in [0.05, 0.1) is 22.1 Å². The molecular formula is C48H30N2. The maximum atomic E-state index is 2.47. The molecule has 0 N–H and O–H groups in total. The number of benzene rings is 9. The van der Waals surface area contributed by atoms with E-state index in [1.54, 1.807) is 0 Å². The van der Waals surface area contributed by atoms with E-state index >= 15 is 0 Å². The van der Waals surface area contributed by atoms with Crippen molar-refractivity contribution >= 4 is 75.9 Å². The van der Waals surface area contributed by atoms with Crippen molar-refractivity contribution in [3.63, 3.8) is 0 Å². The molecule has 0 atom stereocenters. The zero-order valence-electron chi connectivity index (χ0n) is 27.2. The van der Waals surface area contributed by atoms with Crippen LogP contribution in [0, 0.1) is 0 Å². The average Bonchev–Trinajstić information content (AvgIpc) is 3.71. The maximum Gasteiger partial charge on any atom is 0.0548 e. The molecule has 50 heavy (non-hydrogen) atoms. The fraction of sp³-hybridized carbons (Fsp3) is 0. The molecular weight excluding hydrogens is 605 g/mol. The van der Waals surface area contributed by atoms with Gasteiger partial charge < -0.3 is 9.13 Å². The van der Waals surface area contributed by atoms with Crippen LogP contribution < -0.4 is 0 Å². The third-order valence-electron chi connectivity index (χ3n) is 10.7. The first-order valence-corrected chi connectivity index (χ1v) is 17.3. The lowest BCUT2D eigenvalue weighted by molar-refractivity contribution is 1.17. The topological polar surface area (TPSA) is 9.86 Å². The Kier molecular flexibility index (Phi) is 5.70. The molecule has 0 amide bonds. The largest absolute Gasteiger partial charge is 0.309 e. The van der Waals surface area contributed by atoms with Crippen molar-refractivity contribution in [3.8, 4) is 22.5 Å². The second-order valence-electron chi connectivity index (χ2n) is 13.3. The first kappa shape index (κ1) is 27.3. The van der Waals surface area contributed by atoms with Gasteiger partial charge in [-0.2, -0.15) is 0 Å². The van der Waals surface area contributed by atoms with Gasteiger partial charge in [0.15, 0.2) is 0 Å². The van der Waals surface area contributed by atoms with Crippen molar-refractivity contribution in [2.75, 3.05) is 0 Å². The Morgan fingerprint density at radius 3 is 1.20 bits per heavy atom. The van der Waals surface area contributed by atoms with Crippen LogP contribution in [0.25, 0.3) is 98.4 Å². The summed E-state index contributed by atoms with van der Waals surface area (Å²) in [5, 5.41) is 12.8. The van der Waals surface area contributed by atoms with Gasteiger partial charge in [0, 0.05) is 32.9 Å². The molecule has 2 nitrogen and oxygen atoms in total. The maximum absolute atomic E-state index is 2.47. The number of para-hydroxylation sites is 2. The summed E-state index contributed by atoms with van der Waals surface area (Å²) >= 11 is 0. The molecule has 0 unspecified atom stereocenters. The molecule has 0 saturated heterocycles. The van der Waals surface area contributed by atoms with Gasteiger partial charge in [-0.3, -0.25) is 0 Å². The SMILES string of the molecule is c1ccc(-c2ccc(-n3c4ccccc4c4c5c6ccccc6n(-c6ccc7c8ccccc8c8ccccc8c7c6)c5ccc43)cc2)cc1. The van der Waals surface area contributed by atoms with Crippen LogP contribution in [0.5, 0.6) is 0 Å². The third-order valence-corrected chi connectivity index (χ3v) is 10.7. The molecule has 0 aliphatic heterocycles. The lowest BCUT2D eigenvalue weighted by atomic mass is 9.94. The van der Waals surface area contributed by atoms with Crippen LogP contribution in [0.2, 0.25) is 0 Å². The number of hydrogen-bond donors (Lipinski definition) is 0. The van der Waals surface area contributed by atoms with E-state index in [1.165, 1.54) is 92.7 Å². The highest BCUT2D eigenvalue weighted by molar-refractivity contribution is 6.29. The van der Waals surface area contributed by atoms with E-state index in [2.05, 4.69) is 191 Å². The van der Waals surface area contributed by atoms with Crippen LogP contribution in [0.1, 0.15) is 0 Å². The minimum Gasteiger partial charge on any atom is -0.309 e. The van der Waals surface area contributed by atoms with Crippen LogP contribution in [0.4, 0.5) is 0 Å². The van der Waals surface area contributed by atoms with E-state index in [1.807, 2.05) is 0 Å². The van der Waals surface area contributed by atoms with Crippen LogP contribution >= 0.6 is 0 Å². The monoisotopic (exact) mass is 634 g/mol. The van der Waals surface area contributed by atoms with Crippen molar-refractivity contribution < 1.29 is 0 Å². The smallest absolute Gasteiger partial charge is 0.0548 e. The highest BCUT2D eigenvalue weighted by atomic mass is 15.0. The van der Waals surface area contributed by atoms with E-state index < -0.39 is 0 Å². The van der Waals surface area contributed by atoms with Gasteiger partial charge in [0.1, 0.15) is 0 Å². The van der Waals surface area contributed by atoms with Crippen molar-refractivity contribution in [3.05, 3.63) is 182 Å². The molecule has 0 aliphatic carbocycles. The normalized spacial score (nSPS) is 12.0. The molecule has 2 heteroatoms. The van der Waals surface area contributed by atoms with Gasteiger partial charge in [-0.1, -0.05) is 133 Å². The summed E-state index contributed by atoms with van der Waals surface area (Å²) in [6.07, 6.45) is 0. The quantitative estimate of drug-likeness (QED) is 0.171. The molecule has 0 radical (unpaired) electrons. The summed E-state index contributed by atoms with van der Waals surface area (Å²) in [4.78, 5) is 0. The first-order valence-electron chi connectivity index (χ1n) is 17.3. The van der Waals surface area contributed by atoms with E-state index in [9.17, 15) is 0 Å². The number of hydrogen-bond acceptors (Lipinski definition) is 0. The van der Waals surface area contributed by atoms with Gasteiger partial charge in [-0.25, -0.2) is 0 Å². The average molecular weight is 635 g/mol.